The molecule has 0 aromatic rings. The van der Waals surface area contributed by atoms with E-state index in [1.807, 2.05) is 6.07 Å². The lowest BCUT2D eigenvalue weighted by atomic mass is 10.1. The third-order valence-corrected chi connectivity index (χ3v) is 3.21. The van der Waals surface area contributed by atoms with Gasteiger partial charge in [-0.15, -0.1) is 0 Å². The number of rotatable bonds is 8. The van der Waals surface area contributed by atoms with Gasteiger partial charge in [0.15, 0.2) is 0 Å². The molecule has 103 valence electrons. The van der Waals surface area contributed by atoms with Crippen molar-refractivity contribution in [1.82, 2.24) is 0 Å². The molecule has 2 heteroatoms. The van der Waals surface area contributed by atoms with E-state index in [2.05, 4.69) is 32.0 Å². The Morgan fingerprint density at radius 1 is 1.11 bits per heavy atom. The molecule has 1 aliphatic carbocycles. The molecule has 0 amide bonds. The highest BCUT2D eigenvalue weighted by Crippen LogP contribution is 2.28. The highest BCUT2D eigenvalue weighted by atomic mass is 16.5. The SMILES string of the molecule is C[C](C)COCCCCCc1ccc2occcc1-2. The Hall–Kier alpha value is -1.28. The second kappa shape index (κ2) is 7.34. The Kier molecular flexibility index (Phi) is 5.46. The third kappa shape index (κ3) is 4.39. The van der Waals surface area contributed by atoms with Crippen LogP contribution in [0.4, 0.5) is 0 Å². The van der Waals surface area contributed by atoms with Crippen LogP contribution in [-0.4, -0.2) is 13.2 Å². The number of aryl methyl sites for hydroxylation is 1. The van der Waals surface area contributed by atoms with Crippen LogP contribution in [0.25, 0.3) is 11.3 Å². The lowest BCUT2D eigenvalue weighted by molar-refractivity contribution is 0.140. The second-order valence-electron chi connectivity index (χ2n) is 5.32. The fourth-order valence-corrected chi connectivity index (χ4v) is 2.24. The zero-order valence-corrected chi connectivity index (χ0v) is 11.9. The molecule has 19 heavy (non-hydrogen) atoms. The summed E-state index contributed by atoms with van der Waals surface area (Å²) in [5.41, 5.74) is 2.66. The zero-order valence-electron chi connectivity index (χ0n) is 11.9. The van der Waals surface area contributed by atoms with E-state index < -0.39 is 0 Å². The molecular weight excluding hydrogens is 236 g/mol. The van der Waals surface area contributed by atoms with Gasteiger partial charge in [0, 0.05) is 12.2 Å². The van der Waals surface area contributed by atoms with E-state index in [-0.39, 0.29) is 0 Å². The predicted molar refractivity (Wildman–Crippen MR) is 78.3 cm³/mol. The molecule has 0 saturated heterocycles. The topological polar surface area (TPSA) is 22.4 Å². The summed E-state index contributed by atoms with van der Waals surface area (Å²) in [6.45, 7) is 5.88. The predicted octanol–water partition coefficient (Wildman–Crippen LogP) is 4.73. The Labute approximate surface area is 116 Å². The monoisotopic (exact) mass is 259 g/mol. The molecule has 0 saturated carbocycles. The maximum Gasteiger partial charge on any atom is 0.134 e. The van der Waals surface area contributed by atoms with Crippen molar-refractivity contribution in [1.29, 1.82) is 0 Å². The van der Waals surface area contributed by atoms with Gasteiger partial charge in [-0.05, 0) is 48.9 Å². The maximum absolute atomic E-state index is 5.55. The van der Waals surface area contributed by atoms with Crippen molar-refractivity contribution >= 4 is 0 Å². The Bertz CT molecular complexity index is 445. The van der Waals surface area contributed by atoms with Gasteiger partial charge in [0.2, 0.25) is 0 Å². The molecule has 0 unspecified atom stereocenters. The van der Waals surface area contributed by atoms with Crippen LogP contribution in [-0.2, 0) is 11.2 Å². The minimum Gasteiger partial charge on any atom is -0.464 e. The Balaban J connectivity index is 1.64. The summed E-state index contributed by atoms with van der Waals surface area (Å²) in [6.07, 6.45) is 6.44. The average Bonchev–Trinajstić information content (AvgIpc) is 2.81. The van der Waals surface area contributed by atoms with Gasteiger partial charge >= 0.3 is 0 Å². The largest absolute Gasteiger partial charge is 0.464 e. The average molecular weight is 259 g/mol. The maximum atomic E-state index is 5.55. The number of ether oxygens (including phenoxy) is 1. The molecule has 0 fully saturated rings. The lowest BCUT2D eigenvalue weighted by Gasteiger charge is -2.06. The summed E-state index contributed by atoms with van der Waals surface area (Å²) in [5, 5.41) is 0. The fraction of sp³-hybridized carbons (Fsp3) is 0.471. The van der Waals surface area contributed by atoms with Crippen molar-refractivity contribution in [2.45, 2.75) is 39.5 Å². The van der Waals surface area contributed by atoms with Crippen molar-refractivity contribution in [2.24, 2.45) is 0 Å². The van der Waals surface area contributed by atoms with Crippen LogP contribution in [0.3, 0.4) is 0 Å². The molecule has 1 radical (unpaired) electrons. The van der Waals surface area contributed by atoms with Crippen LogP contribution in [0.15, 0.2) is 34.9 Å². The molecule has 1 heterocycles. The van der Waals surface area contributed by atoms with E-state index in [1.54, 1.807) is 6.26 Å². The molecule has 0 N–H and O–H groups in total. The van der Waals surface area contributed by atoms with E-state index >= 15 is 0 Å². The number of fused-ring (bicyclic) bond motifs is 1. The van der Waals surface area contributed by atoms with E-state index in [4.69, 9.17) is 9.15 Å². The Morgan fingerprint density at radius 2 is 2.00 bits per heavy atom. The first kappa shape index (κ1) is 14.1. The van der Waals surface area contributed by atoms with Gasteiger partial charge in [-0.2, -0.15) is 0 Å². The van der Waals surface area contributed by atoms with E-state index in [0.29, 0.717) is 0 Å². The normalized spacial score (nSPS) is 11.5. The van der Waals surface area contributed by atoms with Crippen molar-refractivity contribution in [3.05, 3.63) is 42.0 Å². The number of hydrogen-bond donors (Lipinski definition) is 0. The van der Waals surface area contributed by atoms with Crippen molar-refractivity contribution in [2.75, 3.05) is 13.2 Å². The molecule has 0 spiro atoms. The summed E-state index contributed by atoms with van der Waals surface area (Å²) in [5.74, 6) is 2.33. The molecule has 0 aromatic carbocycles. The quantitative estimate of drug-likeness (QED) is 0.639. The van der Waals surface area contributed by atoms with Crippen LogP contribution >= 0.6 is 0 Å². The molecular formula is C17H23O2. The van der Waals surface area contributed by atoms with Crippen LogP contribution in [0.2, 0.25) is 0 Å². The first-order valence-electron chi connectivity index (χ1n) is 7.09. The minimum atomic E-state index is 0.801. The first-order chi connectivity index (χ1) is 9.27. The highest BCUT2D eigenvalue weighted by molar-refractivity contribution is 5.65. The van der Waals surface area contributed by atoms with Gasteiger partial charge in [0.05, 0.1) is 12.9 Å². The molecule has 2 rings (SSSR count). The highest BCUT2D eigenvalue weighted by Gasteiger charge is 2.09. The van der Waals surface area contributed by atoms with E-state index in [0.717, 1.165) is 31.8 Å². The summed E-state index contributed by atoms with van der Waals surface area (Å²) in [4.78, 5) is 0. The molecule has 0 atom stereocenters. The van der Waals surface area contributed by atoms with Crippen molar-refractivity contribution in [3.63, 3.8) is 0 Å². The lowest BCUT2D eigenvalue weighted by Crippen LogP contribution is -2.01. The standard InChI is InChI=1S/C17H23O2/c1-14(2)13-18-11-5-3-4-7-15-9-10-17-16(15)8-6-12-19-17/h6,8-10,12H,3-5,7,11,13H2,1-2H3. The Morgan fingerprint density at radius 3 is 2.84 bits per heavy atom. The molecule has 2 aliphatic rings. The smallest absolute Gasteiger partial charge is 0.134 e. The number of hydrogen-bond acceptors (Lipinski definition) is 2. The molecule has 0 aromatic heterocycles. The first-order valence-corrected chi connectivity index (χ1v) is 7.09. The van der Waals surface area contributed by atoms with Gasteiger partial charge in [0.1, 0.15) is 5.76 Å². The summed E-state index contributed by atoms with van der Waals surface area (Å²) in [6, 6.07) is 8.34. The van der Waals surface area contributed by atoms with Crippen LogP contribution in [0, 0.1) is 5.92 Å². The van der Waals surface area contributed by atoms with Gasteiger partial charge in [-0.25, -0.2) is 0 Å². The van der Waals surface area contributed by atoms with Crippen LogP contribution in [0.5, 0.6) is 0 Å². The minimum absolute atomic E-state index is 0.801. The van der Waals surface area contributed by atoms with Crippen LogP contribution in [0.1, 0.15) is 38.7 Å². The van der Waals surface area contributed by atoms with Crippen molar-refractivity contribution in [3.8, 4) is 11.3 Å². The van der Waals surface area contributed by atoms with Gasteiger partial charge in [0.25, 0.3) is 0 Å². The number of unbranched alkanes of at least 4 members (excludes halogenated alkanes) is 2. The molecule has 1 aliphatic heterocycles. The van der Waals surface area contributed by atoms with E-state index in [1.165, 1.54) is 29.9 Å². The zero-order chi connectivity index (χ0) is 13.5. The molecule has 0 bridgehead atoms. The van der Waals surface area contributed by atoms with Gasteiger partial charge in [-0.3, -0.25) is 0 Å². The van der Waals surface area contributed by atoms with Crippen molar-refractivity contribution < 1.29 is 9.15 Å². The van der Waals surface area contributed by atoms with Gasteiger partial charge in [-0.1, -0.05) is 26.3 Å². The van der Waals surface area contributed by atoms with Gasteiger partial charge < -0.3 is 9.15 Å². The third-order valence-electron chi connectivity index (χ3n) is 3.21. The van der Waals surface area contributed by atoms with Crippen LogP contribution < -0.4 is 0 Å². The molecule has 2 nitrogen and oxygen atoms in total. The summed E-state index contributed by atoms with van der Waals surface area (Å²) >= 11 is 0. The van der Waals surface area contributed by atoms with E-state index in [9.17, 15) is 0 Å². The fourth-order valence-electron chi connectivity index (χ4n) is 2.24. The summed E-state index contributed by atoms with van der Waals surface area (Å²) < 4.78 is 11.0. The second-order valence-corrected chi connectivity index (χ2v) is 5.32. The summed E-state index contributed by atoms with van der Waals surface area (Å²) in [7, 11) is 0.